The molecule has 1 unspecified atom stereocenters. The van der Waals surface area contributed by atoms with E-state index in [4.69, 9.17) is 10.5 Å². The lowest BCUT2D eigenvalue weighted by atomic mass is 10.0. The second-order valence-electron chi connectivity index (χ2n) is 7.05. The molecule has 2 amide bonds. The average Bonchev–Trinajstić information content (AvgIpc) is 3.18. The van der Waals surface area contributed by atoms with E-state index in [9.17, 15) is 9.59 Å². The van der Waals surface area contributed by atoms with Gasteiger partial charge in [0.05, 0.1) is 24.6 Å². The maximum atomic E-state index is 12.2. The third-order valence-electron chi connectivity index (χ3n) is 4.64. The topological polar surface area (TPSA) is 119 Å². The van der Waals surface area contributed by atoms with Gasteiger partial charge in [0.25, 0.3) is 0 Å². The Morgan fingerprint density at radius 1 is 1.30 bits per heavy atom. The Kier molecular flexibility index (Phi) is 5.85. The lowest BCUT2D eigenvalue weighted by Crippen LogP contribution is -2.40. The number of nitrogens with two attached hydrogens (primary N) is 1. The van der Waals surface area contributed by atoms with Crippen LogP contribution in [0, 0.1) is 11.8 Å². The molecule has 1 aromatic carbocycles. The summed E-state index contributed by atoms with van der Waals surface area (Å²) in [6.45, 7) is 5.10. The summed E-state index contributed by atoms with van der Waals surface area (Å²) in [5.74, 6) is 0.381. The standard InChI is InChI=1S/C19H25N5O3/c1-11(2)16(17(20)25)24-18-13-5-3-4-6-14(13)22-15(23-18)9-21-19(26)12-7-8-27-10-12/h3-6,11-12,16H,7-10H2,1-2H3,(H2,20,25)(H,21,26)(H,22,23,24)/t12?,16-/m0/s1. The van der Waals surface area contributed by atoms with Gasteiger partial charge in [-0.1, -0.05) is 26.0 Å². The average molecular weight is 371 g/mol. The molecule has 144 valence electrons. The number of amides is 2. The molecule has 1 aliphatic heterocycles. The van der Waals surface area contributed by atoms with Crippen LogP contribution < -0.4 is 16.4 Å². The molecule has 27 heavy (non-hydrogen) atoms. The predicted octanol–water partition coefficient (Wildman–Crippen LogP) is 1.20. The smallest absolute Gasteiger partial charge is 0.240 e. The van der Waals surface area contributed by atoms with Crippen LogP contribution in [0.1, 0.15) is 26.1 Å². The Morgan fingerprint density at radius 3 is 2.74 bits per heavy atom. The van der Waals surface area contributed by atoms with Gasteiger partial charge in [0.15, 0.2) is 5.82 Å². The van der Waals surface area contributed by atoms with Crippen molar-refractivity contribution in [3.63, 3.8) is 0 Å². The van der Waals surface area contributed by atoms with Gasteiger partial charge in [0, 0.05) is 12.0 Å². The number of nitrogens with one attached hydrogen (secondary N) is 2. The molecule has 0 saturated carbocycles. The van der Waals surface area contributed by atoms with Crippen molar-refractivity contribution in [2.75, 3.05) is 18.5 Å². The Balaban J connectivity index is 1.83. The van der Waals surface area contributed by atoms with Crippen molar-refractivity contribution in [2.45, 2.75) is 32.9 Å². The summed E-state index contributed by atoms with van der Waals surface area (Å²) in [5.41, 5.74) is 6.25. The van der Waals surface area contributed by atoms with E-state index in [1.54, 1.807) is 0 Å². The number of aromatic nitrogens is 2. The van der Waals surface area contributed by atoms with Gasteiger partial charge in [-0.3, -0.25) is 9.59 Å². The number of carbonyl (C=O) groups excluding carboxylic acids is 2. The molecule has 4 N–H and O–H groups in total. The van der Waals surface area contributed by atoms with Crippen molar-refractivity contribution < 1.29 is 14.3 Å². The van der Waals surface area contributed by atoms with Crippen LogP contribution in [0.15, 0.2) is 24.3 Å². The minimum Gasteiger partial charge on any atom is -0.381 e. The zero-order valence-corrected chi connectivity index (χ0v) is 15.6. The first-order valence-corrected chi connectivity index (χ1v) is 9.12. The maximum absolute atomic E-state index is 12.2. The third-order valence-corrected chi connectivity index (χ3v) is 4.64. The molecule has 1 fully saturated rings. The van der Waals surface area contributed by atoms with E-state index in [2.05, 4.69) is 20.6 Å². The van der Waals surface area contributed by atoms with Crippen molar-refractivity contribution in [1.82, 2.24) is 15.3 Å². The number of benzene rings is 1. The fourth-order valence-corrected chi connectivity index (χ4v) is 3.08. The zero-order chi connectivity index (χ0) is 19.4. The normalized spacial score (nSPS) is 17.8. The molecule has 2 aromatic rings. The van der Waals surface area contributed by atoms with Crippen LogP contribution in [-0.4, -0.2) is 41.0 Å². The number of hydrogen-bond acceptors (Lipinski definition) is 6. The SMILES string of the molecule is CC(C)[C@H](Nc1nc(CNC(=O)C2CCOC2)nc2ccccc12)C(N)=O. The number of rotatable bonds is 7. The summed E-state index contributed by atoms with van der Waals surface area (Å²) >= 11 is 0. The zero-order valence-electron chi connectivity index (χ0n) is 15.6. The molecule has 8 nitrogen and oxygen atoms in total. The Bertz CT molecular complexity index is 833. The lowest BCUT2D eigenvalue weighted by molar-refractivity contribution is -0.125. The molecule has 0 bridgehead atoms. The van der Waals surface area contributed by atoms with E-state index in [1.807, 2.05) is 38.1 Å². The van der Waals surface area contributed by atoms with Gasteiger partial charge in [0.1, 0.15) is 11.9 Å². The van der Waals surface area contributed by atoms with E-state index in [0.717, 1.165) is 17.3 Å². The Morgan fingerprint density at radius 2 is 2.07 bits per heavy atom. The van der Waals surface area contributed by atoms with Gasteiger partial charge >= 0.3 is 0 Å². The number of hydrogen-bond donors (Lipinski definition) is 3. The molecule has 2 heterocycles. The first-order chi connectivity index (χ1) is 13.0. The molecule has 8 heteroatoms. The van der Waals surface area contributed by atoms with Crippen LogP contribution in [0.3, 0.4) is 0 Å². The van der Waals surface area contributed by atoms with Crippen LogP contribution in [0.5, 0.6) is 0 Å². The largest absolute Gasteiger partial charge is 0.381 e. The molecule has 1 aromatic heterocycles. The van der Waals surface area contributed by atoms with Crippen molar-refractivity contribution in [1.29, 1.82) is 0 Å². The predicted molar refractivity (Wildman–Crippen MR) is 102 cm³/mol. The summed E-state index contributed by atoms with van der Waals surface area (Å²) < 4.78 is 5.25. The highest BCUT2D eigenvalue weighted by molar-refractivity contribution is 5.92. The highest BCUT2D eigenvalue weighted by Gasteiger charge is 2.24. The third kappa shape index (κ3) is 4.51. The van der Waals surface area contributed by atoms with E-state index in [1.165, 1.54) is 0 Å². The Labute approximate surface area is 157 Å². The number of primary amides is 1. The van der Waals surface area contributed by atoms with Gasteiger partial charge in [-0.2, -0.15) is 0 Å². The lowest BCUT2D eigenvalue weighted by Gasteiger charge is -2.21. The number of ether oxygens (including phenoxy) is 1. The molecule has 1 saturated heterocycles. The van der Waals surface area contributed by atoms with Crippen molar-refractivity contribution in [3.05, 3.63) is 30.1 Å². The van der Waals surface area contributed by atoms with Gasteiger partial charge < -0.3 is 21.1 Å². The molecular weight excluding hydrogens is 346 g/mol. The summed E-state index contributed by atoms with van der Waals surface area (Å²) in [5, 5.41) is 6.81. The van der Waals surface area contributed by atoms with Crippen molar-refractivity contribution in [2.24, 2.45) is 17.6 Å². The summed E-state index contributed by atoms with van der Waals surface area (Å²) in [6, 6.07) is 6.96. The molecule has 0 spiro atoms. The fraction of sp³-hybridized carbons (Fsp3) is 0.474. The van der Waals surface area contributed by atoms with Crippen LogP contribution in [0.4, 0.5) is 5.82 Å². The summed E-state index contributed by atoms with van der Waals surface area (Å²) in [6.07, 6.45) is 0.728. The van der Waals surface area contributed by atoms with Gasteiger partial charge in [0.2, 0.25) is 11.8 Å². The number of nitrogens with zero attached hydrogens (tertiary/aromatic N) is 2. The van der Waals surface area contributed by atoms with Crippen LogP contribution in [-0.2, 0) is 20.9 Å². The van der Waals surface area contributed by atoms with E-state index >= 15 is 0 Å². The highest BCUT2D eigenvalue weighted by atomic mass is 16.5. The highest BCUT2D eigenvalue weighted by Crippen LogP contribution is 2.22. The summed E-state index contributed by atoms with van der Waals surface area (Å²) in [7, 11) is 0. The first kappa shape index (κ1) is 19.0. The number of anilines is 1. The molecular formula is C19H25N5O3. The molecule has 3 rings (SSSR count). The quantitative estimate of drug-likeness (QED) is 0.673. The van der Waals surface area contributed by atoms with Crippen LogP contribution >= 0.6 is 0 Å². The number of carbonyl (C=O) groups is 2. The Hall–Kier alpha value is -2.74. The molecule has 1 aliphatic rings. The minimum absolute atomic E-state index is 0.00162. The van der Waals surface area contributed by atoms with Crippen LogP contribution in [0.25, 0.3) is 10.9 Å². The molecule has 0 radical (unpaired) electrons. The maximum Gasteiger partial charge on any atom is 0.240 e. The fourth-order valence-electron chi connectivity index (χ4n) is 3.08. The van der Waals surface area contributed by atoms with Gasteiger partial charge in [-0.05, 0) is 24.5 Å². The summed E-state index contributed by atoms with van der Waals surface area (Å²) in [4.78, 5) is 33.0. The van der Waals surface area contributed by atoms with Crippen molar-refractivity contribution in [3.8, 4) is 0 Å². The monoisotopic (exact) mass is 371 g/mol. The second kappa shape index (κ2) is 8.30. The van der Waals surface area contributed by atoms with Gasteiger partial charge in [-0.25, -0.2) is 9.97 Å². The van der Waals surface area contributed by atoms with E-state index < -0.39 is 11.9 Å². The molecule has 2 atom stereocenters. The minimum atomic E-state index is -0.554. The van der Waals surface area contributed by atoms with Gasteiger partial charge in [-0.15, -0.1) is 0 Å². The first-order valence-electron chi connectivity index (χ1n) is 9.12. The number of fused-ring (bicyclic) bond motifs is 1. The number of para-hydroxylation sites is 1. The van der Waals surface area contributed by atoms with E-state index in [0.29, 0.717) is 24.9 Å². The van der Waals surface area contributed by atoms with Crippen molar-refractivity contribution >= 4 is 28.5 Å². The van der Waals surface area contributed by atoms with E-state index in [-0.39, 0.29) is 24.3 Å². The van der Waals surface area contributed by atoms with Crippen LogP contribution in [0.2, 0.25) is 0 Å². The second-order valence-corrected chi connectivity index (χ2v) is 7.05. The molecule has 0 aliphatic carbocycles.